The van der Waals surface area contributed by atoms with Crippen molar-refractivity contribution in [1.29, 1.82) is 0 Å². The molecule has 44 heavy (non-hydrogen) atoms. The zero-order valence-electron chi connectivity index (χ0n) is 24.7. The number of hydrogen-bond donors (Lipinski definition) is 3. The van der Waals surface area contributed by atoms with Gasteiger partial charge in [0.15, 0.2) is 5.78 Å². The third-order valence-corrected chi connectivity index (χ3v) is 8.54. The van der Waals surface area contributed by atoms with Crippen LogP contribution in [0.1, 0.15) is 31.4 Å². The van der Waals surface area contributed by atoms with Gasteiger partial charge in [-0.2, -0.15) is 0 Å². The second-order valence-electron chi connectivity index (χ2n) is 10.6. The Morgan fingerprint density at radius 2 is 1.25 bits per heavy atom. The molecule has 0 heterocycles. The molecular formula is C34H37N2O7P. The van der Waals surface area contributed by atoms with Gasteiger partial charge >= 0.3 is 13.7 Å². The number of phenols is 1. The van der Waals surface area contributed by atoms with Gasteiger partial charge in [0.25, 0.3) is 0 Å². The maximum Gasteiger partial charge on any atom is 0.453 e. The number of carbonyl (C=O) groups excluding carboxylic acids is 2. The summed E-state index contributed by atoms with van der Waals surface area (Å²) in [5.41, 5.74) is 1.47. The van der Waals surface area contributed by atoms with Crippen molar-refractivity contribution in [3.63, 3.8) is 0 Å². The second-order valence-corrected chi connectivity index (χ2v) is 12.7. The summed E-state index contributed by atoms with van der Waals surface area (Å²) in [5.74, 6) is -1.09. The number of ether oxygens (including phenoxy) is 1. The Morgan fingerprint density at radius 3 is 1.77 bits per heavy atom. The predicted molar refractivity (Wildman–Crippen MR) is 168 cm³/mol. The van der Waals surface area contributed by atoms with Crippen molar-refractivity contribution in [3.05, 3.63) is 126 Å². The van der Waals surface area contributed by atoms with E-state index in [-0.39, 0.29) is 36.2 Å². The van der Waals surface area contributed by atoms with E-state index in [2.05, 4.69) is 10.6 Å². The zero-order chi connectivity index (χ0) is 31.4. The number of aromatic hydroxyl groups is 1. The summed E-state index contributed by atoms with van der Waals surface area (Å²) in [4.78, 5) is 26.6. The second kappa shape index (κ2) is 15.6. The molecule has 0 aliphatic rings. The number of para-hydroxylation sites is 2. The number of nitrogens with one attached hydrogen (secondary N) is 2. The van der Waals surface area contributed by atoms with E-state index in [4.69, 9.17) is 13.8 Å². The molecule has 4 aromatic carbocycles. The number of phenolic OH excluding ortho intramolecular Hbond substituents is 1. The lowest BCUT2D eigenvalue weighted by Gasteiger charge is -2.30. The smallest absolute Gasteiger partial charge is 0.453 e. The van der Waals surface area contributed by atoms with E-state index in [1.165, 1.54) is 12.1 Å². The molecule has 1 unspecified atom stereocenters. The van der Waals surface area contributed by atoms with Gasteiger partial charge < -0.3 is 29.5 Å². The fraction of sp³-hybridized carbons (Fsp3) is 0.235. The average molecular weight is 617 g/mol. The maximum absolute atomic E-state index is 14.8. The molecule has 4 rings (SSSR count). The molecule has 0 saturated carbocycles. The molecule has 3 N–H and O–H groups in total. The largest absolute Gasteiger partial charge is 0.508 e. The quantitative estimate of drug-likeness (QED) is 0.130. The van der Waals surface area contributed by atoms with Gasteiger partial charge in [0.1, 0.15) is 29.9 Å². The van der Waals surface area contributed by atoms with E-state index in [1.54, 1.807) is 72.8 Å². The van der Waals surface area contributed by atoms with Crippen molar-refractivity contribution >= 4 is 19.6 Å². The van der Waals surface area contributed by atoms with Crippen molar-refractivity contribution in [1.82, 2.24) is 10.6 Å². The molecule has 0 aromatic heterocycles. The summed E-state index contributed by atoms with van der Waals surface area (Å²) in [7, 11) is -4.20. The van der Waals surface area contributed by atoms with Crippen molar-refractivity contribution in [2.45, 2.75) is 45.1 Å². The van der Waals surface area contributed by atoms with Crippen LogP contribution < -0.4 is 19.7 Å². The molecule has 0 aliphatic carbocycles. The van der Waals surface area contributed by atoms with Gasteiger partial charge in [0.05, 0.1) is 0 Å². The monoisotopic (exact) mass is 616 g/mol. The SMILES string of the molecule is CC(C)C[C@H](NC(=O)OCc1ccccc1)C(=O)NC(Cc1ccc(O)cc1)P(=O)(Oc1ccccc1)Oc1ccccc1. The third kappa shape index (κ3) is 9.92. The van der Waals surface area contributed by atoms with Crippen molar-refractivity contribution in [3.8, 4) is 17.2 Å². The average Bonchev–Trinajstić information content (AvgIpc) is 3.01. The minimum Gasteiger partial charge on any atom is -0.508 e. The Kier molecular flexibility index (Phi) is 11.4. The Balaban J connectivity index is 1.62. The summed E-state index contributed by atoms with van der Waals surface area (Å²) in [6.07, 6.45) is -0.425. The molecule has 0 saturated heterocycles. The lowest BCUT2D eigenvalue weighted by atomic mass is 10.0. The standard InChI is InChI=1S/C34H37N2O7P/c1-25(2)22-31(35-34(39)41-24-27-12-6-3-7-13-27)33(38)36-32(23-26-18-20-28(37)21-19-26)44(40,42-29-14-8-4-9-15-29)43-30-16-10-5-11-17-30/h3-21,25,31-32,37H,22-24H2,1-2H3,(H,35,39)(H,36,38)/t31-,32?/m0/s1. The normalized spacial score (nSPS) is 12.5. The van der Waals surface area contributed by atoms with Crippen LogP contribution >= 0.6 is 7.60 Å². The van der Waals surface area contributed by atoms with Gasteiger partial charge in [0.2, 0.25) is 5.91 Å². The first-order chi connectivity index (χ1) is 21.2. The van der Waals surface area contributed by atoms with Crippen LogP contribution in [0.15, 0.2) is 115 Å². The molecule has 0 spiro atoms. The molecule has 4 aromatic rings. The minimum atomic E-state index is -4.20. The first-order valence-electron chi connectivity index (χ1n) is 14.3. The highest BCUT2D eigenvalue weighted by atomic mass is 31.2. The first kappa shape index (κ1) is 32.2. The predicted octanol–water partition coefficient (Wildman–Crippen LogP) is 7.07. The minimum absolute atomic E-state index is 0.0312. The molecule has 9 nitrogen and oxygen atoms in total. The van der Waals surface area contributed by atoms with E-state index in [0.717, 1.165) is 5.56 Å². The summed E-state index contributed by atoms with van der Waals surface area (Å²) in [5, 5.41) is 15.3. The van der Waals surface area contributed by atoms with Crippen LogP contribution in [0.4, 0.5) is 4.79 Å². The van der Waals surface area contributed by atoms with Crippen LogP contribution in [0.3, 0.4) is 0 Å². The molecule has 0 fully saturated rings. The Labute approximate surface area is 257 Å². The number of hydrogen-bond acceptors (Lipinski definition) is 7. The summed E-state index contributed by atoms with van der Waals surface area (Å²) >= 11 is 0. The summed E-state index contributed by atoms with van der Waals surface area (Å²) < 4.78 is 32.2. The van der Waals surface area contributed by atoms with Crippen LogP contribution in [0, 0.1) is 5.92 Å². The van der Waals surface area contributed by atoms with Crippen molar-refractivity contribution in [2.24, 2.45) is 5.92 Å². The molecule has 2 amide bonds. The van der Waals surface area contributed by atoms with Gasteiger partial charge in [-0.1, -0.05) is 92.7 Å². The van der Waals surface area contributed by atoms with E-state index in [0.29, 0.717) is 12.0 Å². The van der Waals surface area contributed by atoms with E-state index >= 15 is 0 Å². The van der Waals surface area contributed by atoms with Gasteiger partial charge in [-0.15, -0.1) is 0 Å². The van der Waals surface area contributed by atoms with Crippen LogP contribution in [0.2, 0.25) is 0 Å². The van der Waals surface area contributed by atoms with Crippen LogP contribution in [-0.4, -0.2) is 28.9 Å². The third-order valence-electron chi connectivity index (χ3n) is 6.54. The molecule has 0 aliphatic heterocycles. The summed E-state index contributed by atoms with van der Waals surface area (Å²) in [6.45, 7) is 3.89. The number of alkyl carbamates (subject to hydrolysis) is 1. The van der Waals surface area contributed by atoms with Crippen LogP contribution in [-0.2, 0) is 27.1 Å². The van der Waals surface area contributed by atoms with E-state index in [9.17, 15) is 19.3 Å². The highest BCUT2D eigenvalue weighted by Crippen LogP contribution is 2.53. The molecule has 230 valence electrons. The molecule has 10 heteroatoms. The maximum atomic E-state index is 14.8. The number of benzene rings is 4. The van der Waals surface area contributed by atoms with Gasteiger partial charge in [-0.3, -0.25) is 4.79 Å². The Hall–Kier alpha value is -4.75. The number of amides is 2. The topological polar surface area (TPSA) is 123 Å². The van der Waals surface area contributed by atoms with Crippen LogP contribution in [0.25, 0.3) is 0 Å². The van der Waals surface area contributed by atoms with Crippen LogP contribution in [0.5, 0.6) is 17.2 Å². The molecule has 0 bridgehead atoms. The van der Waals surface area contributed by atoms with E-state index < -0.39 is 31.4 Å². The fourth-order valence-electron chi connectivity index (χ4n) is 4.37. The molecular weight excluding hydrogens is 579 g/mol. The van der Waals surface area contributed by atoms with Crippen molar-refractivity contribution in [2.75, 3.05) is 0 Å². The Morgan fingerprint density at radius 1 is 0.727 bits per heavy atom. The highest BCUT2D eigenvalue weighted by Gasteiger charge is 2.42. The molecule has 0 radical (unpaired) electrons. The van der Waals surface area contributed by atoms with Gasteiger partial charge in [0, 0.05) is 6.42 Å². The Bertz CT molecular complexity index is 1470. The summed E-state index contributed by atoms with van der Waals surface area (Å²) in [6, 6.07) is 31.6. The van der Waals surface area contributed by atoms with Gasteiger partial charge in [-0.05, 0) is 59.9 Å². The van der Waals surface area contributed by atoms with Gasteiger partial charge in [-0.25, -0.2) is 9.36 Å². The number of rotatable bonds is 14. The first-order valence-corrected chi connectivity index (χ1v) is 16.0. The molecule has 2 atom stereocenters. The lowest BCUT2D eigenvalue weighted by molar-refractivity contribution is -0.123. The van der Waals surface area contributed by atoms with E-state index in [1.807, 2.05) is 44.2 Å². The van der Waals surface area contributed by atoms with Crippen molar-refractivity contribution < 1.29 is 33.0 Å². The number of carbonyl (C=O) groups is 2. The lowest BCUT2D eigenvalue weighted by Crippen LogP contribution is -2.51. The fourth-order valence-corrected chi connectivity index (χ4v) is 6.22. The highest BCUT2D eigenvalue weighted by molar-refractivity contribution is 7.55. The zero-order valence-corrected chi connectivity index (χ0v) is 25.6.